The fourth-order valence-corrected chi connectivity index (χ4v) is 3.07. The highest BCUT2D eigenvalue weighted by molar-refractivity contribution is 9.10. The van der Waals surface area contributed by atoms with Crippen molar-refractivity contribution in [3.05, 3.63) is 32.7 Å². The molecule has 18 heavy (non-hydrogen) atoms. The van der Waals surface area contributed by atoms with Crippen molar-refractivity contribution in [2.24, 2.45) is 0 Å². The number of nitrogens with zero attached hydrogens (tertiary/aromatic N) is 2. The molecule has 2 rings (SSSR count). The van der Waals surface area contributed by atoms with Gasteiger partial charge in [-0.3, -0.25) is 4.68 Å². The van der Waals surface area contributed by atoms with E-state index in [-0.39, 0.29) is 6.04 Å². The summed E-state index contributed by atoms with van der Waals surface area (Å²) in [5.74, 6) is 0.765. The van der Waals surface area contributed by atoms with Gasteiger partial charge in [0.15, 0.2) is 0 Å². The quantitative estimate of drug-likeness (QED) is 0.934. The van der Waals surface area contributed by atoms with E-state index in [1.54, 1.807) is 13.3 Å². The summed E-state index contributed by atoms with van der Waals surface area (Å²) in [6.45, 7) is 4.06. The van der Waals surface area contributed by atoms with Gasteiger partial charge in [-0.1, -0.05) is 0 Å². The van der Waals surface area contributed by atoms with Crippen LogP contribution in [0.3, 0.4) is 0 Å². The predicted molar refractivity (Wildman–Crippen MR) is 75.2 cm³/mol. The van der Waals surface area contributed by atoms with Crippen LogP contribution in [0.4, 0.5) is 0 Å². The summed E-state index contributed by atoms with van der Waals surface area (Å²) in [4.78, 5) is 0.843. The Morgan fingerprint density at radius 1 is 1.50 bits per heavy atom. The van der Waals surface area contributed by atoms with Gasteiger partial charge < -0.3 is 9.84 Å². The van der Waals surface area contributed by atoms with Crippen molar-refractivity contribution >= 4 is 27.3 Å². The summed E-state index contributed by atoms with van der Waals surface area (Å²) >= 11 is 4.91. The Balaban J connectivity index is 2.38. The van der Waals surface area contributed by atoms with E-state index in [1.807, 2.05) is 30.0 Å². The van der Waals surface area contributed by atoms with Crippen LogP contribution in [-0.2, 0) is 0 Å². The Hall–Kier alpha value is -0.850. The Morgan fingerprint density at radius 2 is 2.22 bits per heavy atom. The minimum Gasteiger partial charge on any atom is -0.496 e. The molecular formula is C12H15BrN2O2S. The van der Waals surface area contributed by atoms with Crippen molar-refractivity contribution in [2.75, 3.05) is 7.11 Å². The molecule has 2 aromatic heterocycles. The topological polar surface area (TPSA) is 47.3 Å². The number of methoxy groups -OCH3 is 1. The lowest BCUT2D eigenvalue weighted by Gasteiger charge is -2.15. The number of halogens is 1. The van der Waals surface area contributed by atoms with E-state index in [9.17, 15) is 5.11 Å². The number of aliphatic hydroxyl groups is 1. The Bertz CT molecular complexity index is 536. The molecular weight excluding hydrogens is 316 g/mol. The largest absolute Gasteiger partial charge is 0.496 e. The summed E-state index contributed by atoms with van der Waals surface area (Å²) in [5, 5.41) is 16.6. The normalized spacial score (nSPS) is 13.0. The zero-order valence-electron chi connectivity index (χ0n) is 10.4. The van der Waals surface area contributed by atoms with Gasteiger partial charge in [0.1, 0.15) is 11.9 Å². The van der Waals surface area contributed by atoms with Gasteiger partial charge in [0.2, 0.25) is 0 Å². The maximum absolute atomic E-state index is 10.5. The summed E-state index contributed by atoms with van der Waals surface area (Å²) in [7, 11) is 1.62. The third-order valence-electron chi connectivity index (χ3n) is 2.64. The number of rotatable bonds is 4. The highest BCUT2D eigenvalue weighted by Crippen LogP contribution is 2.35. The van der Waals surface area contributed by atoms with Crippen molar-refractivity contribution in [1.29, 1.82) is 0 Å². The van der Waals surface area contributed by atoms with Crippen molar-refractivity contribution in [3.8, 4) is 5.75 Å². The lowest BCUT2D eigenvalue weighted by atomic mass is 10.2. The van der Waals surface area contributed by atoms with Gasteiger partial charge in [0.25, 0.3) is 0 Å². The summed E-state index contributed by atoms with van der Waals surface area (Å²) in [6.07, 6.45) is 1.02. The van der Waals surface area contributed by atoms with E-state index in [2.05, 4.69) is 21.0 Å². The molecule has 0 saturated heterocycles. The number of ether oxygens (including phenoxy) is 1. The van der Waals surface area contributed by atoms with Crippen LogP contribution in [0.5, 0.6) is 5.75 Å². The first-order valence-electron chi connectivity index (χ1n) is 5.58. The Kier molecular flexibility index (Phi) is 4.09. The second-order valence-corrected chi connectivity index (χ2v) is 6.00. The average molecular weight is 331 g/mol. The molecule has 98 valence electrons. The first-order valence-corrected chi connectivity index (χ1v) is 7.25. The monoisotopic (exact) mass is 330 g/mol. The lowest BCUT2D eigenvalue weighted by Crippen LogP contribution is -2.11. The number of aromatic nitrogens is 2. The third-order valence-corrected chi connectivity index (χ3v) is 4.21. The van der Waals surface area contributed by atoms with Crippen LogP contribution >= 0.6 is 27.3 Å². The van der Waals surface area contributed by atoms with Crippen LogP contribution < -0.4 is 4.74 Å². The Morgan fingerprint density at radius 3 is 2.78 bits per heavy atom. The SMILES string of the molecule is COc1csc(C(O)c2c(Br)cnn2C(C)C)c1. The second-order valence-electron chi connectivity index (χ2n) is 4.21. The molecule has 0 aliphatic carbocycles. The fourth-order valence-electron chi connectivity index (χ4n) is 1.74. The number of aliphatic hydroxyl groups excluding tert-OH is 1. The van der Waals surface area contributed by atoms with Gasteiger partial charge in [-0.2, -0.15) is 5.10 Å². The molecule has 0 aliphatic rings. The summed E-state index contributed by atoms with van der Waals surface area (Å²) < 4.78 is 7.77. The molecule has 1 unspecified atom stereocenters. The molecule has 6 heteroatoms. The van der Waals surface area contributed by atoms with Gasteiger partial charge in [-0.15, -0.1) is 11.3 Å². The van der Waals surface area contributed by atoms with Crippen LogP contribution in [0.25, 0.3) is 0 Å². The molecule has 2 heterocycles. The minimum absolute atomic E-state index is 0.197. The van der Waals surface area contributed by atoms with Crippen molar-refractivity contribution in [3.63, 3.8) is 0 Å². The predicted octanol–water partition coefficient (Wildman–Crippen LogP) is 3.38. The maximum atomic E-state index is 10.5. The van der Waals surface area contributed by atoms with E-state index in [0.717, 1.165) is 20.8 Å². The molecule has 4 nitrogen and oxygen atoms in total. The highest BCUT2D eigenvalue weighted by Gasteiger charge is 2.22. The molecule has 0 radical (unpaired) electrons. The van der Waals surface area contributed by atoms with Crippen LogP contribution in [-0.4, -0.2) is 22.0 Å². The molecule has 0 saturated carbocycles. The average Bonchev–Trinajstić information content (AvgIpc) is 2.94. The van der Waals surface area contributed by atoms with E-state index < -0.39 is 6.10 Å². The smallest absolute Gasteiger partial charge is 0.131 e. The number of hydrogen-bond acceptors (Lipinski definition) is 4. The number of hydrogen-bond donors (Lipinski definition) is 1. The molecule has 1 atom stereocenters. The maximum Gasteiger partial charge on any atom is 0.131 e. The molecule has 0 aromatic carbocycles. The fraction of sp³-hybridized carbons (Fsp3) is 0.417. The first kappa shape index (κ1) is 13.6. The molecule has 0 amide bonds. The standard InChI is InChI=1S/C12H15BrN2O2S/c1-7(2)15-11(9(13)5-14-15)12(16)10-4-8(17-3)6-18-10/h4-7,12,16H,1-3H3. The summed E-state index contributed by atoms with van der Waals surface area (Å²) in [6, 6.07) is 2.04. The first-order chi connectivity index (χ1) is 8.54. The number of thiophene rings is 1. The van der Waals surface area contributed by atoms with E-state index in [4.69, 9.17) is 4.74 Å². The molecule has 0 aliphatic heterocycles. The van der Waals surface area contributed by atoms with Gasteiger partial charge in [0, 0.05) is 16.3 Å². The zero-order valence-corrected chi connectivity index (χ0v) is 12.8. The van der Waals surface area contributed by atoms with Gasteiger partial charge >= 0.3 is 0 Å². The van der Waals surface area contributed by atoms with Gasteiger partial charge in [0.05, 0.1) is 23.5 Å². The molecule has 0 bridgehead atoms. The Labute approximate surface area is 118 Å². The molecule has 2 aromatic rings. The van der Waals surface area contributed by atoms with Crippen LogP contribution in [0.2, 0.25) is 0 Å². The highest BCUT2D eigenvalue weighted by atomic mass is 79.9. The van der Waals surface area contributed by atoms with Gasteiger partial charge in [-0.25, -0.2) is 0 Å². The second kappa shape index (κ2) is 5.42. The van der Waals surface area contributed by atoms with E-state index >= 15 is 0 Å². The third kappa shape index (κ3) is 2.46. The van der Waals surface area contributed by atoms with Crippen molar-refractivity contribution in [1.82, 2.24) is 9.78 Å². The molecule has 1 N–H and O–H groups in total. The van der Waals surface area contributed by atoms with Gasteiger partial charge in [-0.05, 0) is 35.8 Å². The molecule has 0 spiro atoms. The zero-order chi connectivity index (χ0) is 13.3. The summed E-state index contributed by atoms with van der Waals surface area (Å²) in [5.41, 5.74) is 0.773. The van der Waals surface area contributed by atoms with Crippen LogP contribution in [0.15, 0.2) is 22.1 Å². The lowest BCUT2D eigenvalue weighted by molar-refractivity contribution is 0.207. The minimum atomic E-state index is -0.696. The van der Waals surface area contributed by atoms with Crippen LogP contribution in [0.1, 0.15) is 36.6 Å². The van der Waals surface area contributed by atoms with Crippen molar-refractivity contribution in [2.45, 2.75) is 26.0 Å². The van der Waals surface area contributed by atoms with E-state index in [0.29, 0.717) is 0 Å². The van der Waals surface area contributed by atoms with E-state index in [1.165, 1.54) is 11.3 Å². The van der Waals surface area contributed by atoms with Crippen LogP contribution in [0, 0.1) is 0 Å². The molecule has 0 fully saturated rings. The van der Waals surface area contributed by atoms with Crippen molar-refractivity contribution < 1.29 is 9.84 Å².